The maximum Gasteiger partial charge on any atom is 0.223 e. The molecule has 0 amide bonds. The van der Waals surface area contributed by atoms with Crippen LogP contribution in [0.15, 0.2) is 40.1 Å². The van der Waals surface area contributed by atoms with Crippen LogP contribution in [-0.2, 0) is 0 Å². The van der Waals surface area contributed by atoms with Gasteiger partial charge in [0.1, 0.15) is 5.69 Å². The molecule has 152 valence electrons. The number of amidine groups is 1. The Labute approximate surface area is 175 Å². The summed E-state index contributed by atoms with van der Waals surface area (Å²) in [5, 5.41) is 12.2. The molecule has 1 aliphatic heterocycles. The van der Waals surface area contributed by atoms with E-state index in [2.05, 4.69) is 81.3 Å². The lowest BCUT2D eigenvalue weighted by Gasteiger charge is -2.13. The topological polar surface area (TPSA) is 91.2 Å². The maximum absolute atomic E-state index is 4.76. The number of hydrogen-bond acceptors (Lipinski definition) is 6. The number of anilines is 1. The minimum Gasteiger partial charge on any atom is -0.357 e. The summed E-state index contributed by atoms with van der Waals surface area (Å²) >= 11 is 0. The molecular formula is C23H25N7. The largest absolute Gasteiger partial charge is 0.357 e. The van der Waals surface area contributed by atoms with Crippen molar-refractivity contribution in [3.63, 3.8) is 0 Å². The van der Waals surface area contributed by atoms with Crippen molar-refractivity contribution in [2.45, 2.75) is 27.2 Å². The van der Waals surface area contributed by atoms with Crippen LogP contribution in [0.3, 0.4) is 0 Å². The number of rotatable bonds is 2. The molecule has 0 saturated carbocycles. The first-order valence-corrected chi connectivity index (χ1v) is 10.0. The molecule has 2 aliphatic rings. The maximum atomic E-state index is 4.76. The van der Waals surface area contributed by atoms with Crippen LogP contribution >= 0.6 is 0 Å². The van der Waals surface area contributed by atoms with E-state index in [1.54, 1.807) is 13.2 Å². The molecule has 4 rings (SSSR count). The molecule has 0 aromatic carbocycles. The SMILES string of the molecule is CNc1nccc(C2=NCC(C)CC(C#CC3=CC(C)(C)C=c4[nH]ncc4=C3)=N2)n1. The molecule has 1 unspecified atom stereocenters. The molecule has 0 spiro atoms. The number of allylic oxidation sites excluding steroid dienone is 2. The third kappa shape index (κ3) is 4.54. The molecule has 0 fully saturated rings. The van der Waals surface area contributed by atoms with Gasteiger partial charge in [0.25, 0.3) is 0 Å². The molecule has 7 heteroatoms. The first-order chi connectivity index (χ1) is 14.4. The van der Waals surface area contributed by atoms with Gasteiger partial charge in [-0.25, -0.2) is 15.0 Å². The molecule has 7 nitrogen and oxygen atoms in total. The molecule has 0 saturated heterocycles. The van der Waals surface area contributed by atoms with Crippen molar-refractivity contribution in [2.24, 2.45) is 21.3 Å². The molecule has 1 aliphatic carbocycles. The summed E-state index contributed by atoms with van der Waals surface area (Å²) in [6, 6.07) is 1.82. The first kappa shape index (κ1) is 19.8. The summed E-state index contributed by atoms with van der Waals surface area (Å²) < 4.78 is 0. The zero-order chi connectivity index (χ0) is 21.1. The molecule has 2 aromatic heterocycles. The standard InChI is InChI=1S/C23H25N7/c1-15-9-18(28-21(26-13-15)19-7-8-25-22(24-4)29-19)6-5-16-10-17-14-27-30-20(17)12-23(2,3)11-16/h7-8,10-12,14-15,30H,9,13H2,1-4H3,(H,24,25,29). The molecule has 2 aromatic rings. The molecule has 0 bridgehead atoms. The predicted octanol–water partition coefficient (Wildman–Crippen LogP) is 1.70. The number of aliphatic imine (C=N–C) groups is 2. The van der Waals surface area contributed by atoms with E-state index in [-0.39, 0.29) is 5.41 Å². The van der Waals surface area contributed by atoms with Gasteiger partial charge in [-0.2, -0.15) is 5.10 Å². The van der Waals surface area contributed by atoms with Crippen molar-refractivity contribution < 1.29 is 0 Å². The summed E-state index contributed by atoms with van der Waals surface area (Å²) in [4.78, 5) is 18.1. The number of nitrogens with zero attached hydrogens (tertiary/aromatic N) is 5. The van der Waals surface area contributed by atoms with Crippen molar-refractivity contribution in [1.29, 1.82) is 0 Å². The highest BCUT2D eigenvalue weighted by molar-refractivity contribution is 6.12. The second-order valence-electron chi connectivity index (χ2n) is 8.25. The van der Waals surface area contributed by atoms with E-state index < -0.39 is 0 Å². The van der Waals surface area contributed by atoms with E-state index in [4.69, 9.17) is 4.99 Å². The van der Waals surface area contributed by atoms with Crippen LogP contribution < -0.4 is 15.9 Å². The average Bonchev–Trinajstić information content (AvgIpc) is 2.97. The third-order valence-corrected chi connectivity index (χ3v) is 4.85. The van der Waals surface area contributed by atoms with E-state index in [1.165, 1.54) is 0 Å². The first-order valence-electron chi connectivity index (χ1n) is 10.0. The lowest BCUT2D eigenvalue weighted by atomic mass is 9.91. The van der Waals surface area contributed by atoms with Crippen molar-refractivity contribution in [3.8, 4) is 11.8 Å². The highest BCUT2D eigenvalue weighted by atomic mass is 15.1. The lowest BCUT2D eigenvalue weighted by Crippen LogP contribution is -2.23. The number of hydrogen-bond donors (Lipinski definition) is 2. The van der Waals surface area contributed by atoms with Crippen molar-refractivity contribution in [1.82, 2.24) is 20.2 Å². The van der Waals surface area contributed by atoms with E-state index >= 15 is 0 Å². The predicted molar refractivity (Wildman–Crippen MR) is 121 cm³/mol. The monoisotopic (exact) mass is 399 g/mol. The van der Waals surface area contributed by atoms with Gasteiger partial charge in [-0.1, -0.05) is 32.8 Å². The number of aromatic nitrogens is 4. The van der Waals surface area contributed by atoms with E-state index in [1.807, 2.05) is 12.3 Å². The fourth-order valence-corrected chi connectivity index (χ4v) is 3.44. The number of nitrogens with one attached hydrogen (secondary N) is 2. The van der Waals surface area contributed by atoms with Gasteiger partial charge in [-0.05, 0) is 30.1 Å². The van der Waals surface area contributed by atoms with Gasteiger partial charge in [0.2, 0.25) is 5.95 Å². The highest BCUT2D eigenvalue weighted by Gasteiger charge is 2.16. The molecule has 0 radical (unpaired) electrons. The summed E-state index contributed by atoms with van der Waals surface area (Å²) in [6.07, 6.45) is 10.7. The second-order valence-corrected chi connectivity index (χ2v) is 8.25. The normalized spacial score (nSPS) is 19.9. The number of aromatic amines is 1. The zero-order valence-electron chi connectivity index (χ0n) is 17.7. The minimum atomic E-state index is -0.131. The van der Waals surface area contributed by atoms with Crippen LogP contribution in [0.5, 0.6) is 0 Å². The van der Waals surface area contributed by atoms with Crippen LogP contribution in [0.1, 0.15) is 32.9 Å². The van der Waals surface area contributed by atoms with Crippen molar-refractivity contribution in [3.05, 3.63) is 46.4 Å². The molecule has 1 atom stereocenters. The summed E-state index contributed by atoms with van der Waals surface area (Å²) in [5.74, 6) is 8.13. The molecule has 30 heavy (non-hydrogen) atoms. The Hall–Kier alpha value is -3.53. The average molecular weight is 400 g/mol. The summed E-state index contributed by atoms with van der Waals surface area (Å²) in [6.45, 7) is 7.17. The Morgan fingerprint density at radius 3 is 2.93 bits per heavy atom. The second kappa shape index (κ2) is 8.07. The zero-order valence-corrected chi connectivity index (χ0v) is 17.7. The van der Waals surface area contributed by atoms with Crippen molar-refractivity contribution >= 4 is 29.6 Å². The van der Waals surface area contributed by atoms with Crippen LogP contribution in [0, 0.1) is 23.2 Å². The van der Waals surface area contributed by atoms with Crippen LogP contribution in [0.25, 0.3) is 12.2 Å². The van der Waals surface area contributed by atoms with Gasteiger partial charge < -0.3 is 5.32 Å². The molecule has 2 N–H and O–H groups in total. The van der Waals surface area contributed by atoms with Gasteiger partial charge in [-0.15, -0.1) is 0 Å². The Morgan fingerprint density at radius 2 is 2.10 bits per heavy atom. The van der Waals surface area contributed by atoms with Gasteiger partial charge >= 0.3 is 0 Å². The van der Waals surface area contributed by atoms with Gasteiger partial charge in [0.05, 0.1) is 17.3 Å². The van der Waals surface area contributed by atoms with Crippen LogP contribution in [-0.4, -0.2) is 45.3 Å². The van der Waals surface area contributed by atoms with E-state index in [0.717, 1.165) is 28.3 Å². The van der Waals surface area contributed by atoms with Crippen LogP contribution in [0.2, 0.25) is 0 Å². The smallest absolute Gasteiger partial charge is 0.223 e. The quantitative estimate of drug-likeness (QED) is 0.752. The van der Waals surface area contributed by atoms with Gasteiger partial charge in [-0.3, -0.25) is 10.1 Å². The number of fused-ring (bicyclic) bond motifs is 1. The Kier molecular flexibility index (Phi) is 5.32. The highest BCUT2D eigenvalue weighted by Crippen LogP contribution is 2.22. The molecular weight excluding hydrogens is 374 g/mol. The van der Waals surface area contributed by atoms with Crippen LogP contribution in [0.4, 0.5) is 5.95 Å². The summed E-state index contributed by atoms with van der Waals surface area (Å²) in [5.41, 5.74) is 2.33. The fourth-order valence-electron chi connectivity index (χ4n) is 3.44. The summed E-state index contributed by atoms with van der Waals surface area (Å²) in [7, 11) is 1.79. The lowest BCUT2D eigenvalue weighted by molar-refractivity contribution is 0.630. The van der Waals surface area contributed by atoms with Crippen molar-refractivity contribution in [2.75, 3.05) is 18.9 Å². The van der Waals surface area contributed by atoms with Gasteiger partial charge in [0, 0.05) is 42.4 Å². The van der Waals surface area contributed by atoms with E-state index in [0.29, 0.717) is 29.9 Å². The fraction of sp³-hybridized carbons (Fsp3) is 0.348. The Bertz CT molecular complexity index is 1230. The van der Waals surface area contributed by atoms with E-state index in [9.17, 15) is 0 Å². The number of H-pyrrole nitrogens is 1. The Balaban J connectivity index is 1.70. The Morgan fingerprint density at radius 1 is 1.23 bits per heavy atom. The molecule has 3 heterocycles. The third-order valence-electron chi connectivity index (χ3n) is 4.85. The van der Waals surface area contributed by atoms with Gasteiger partial charge in [0.15, 0.2) is 5.84 Å². The minimum absolute atomic E-state index is 0.131.